The fraction of sp³-hybridized carbons (Fsp3) is 0.867. The number of rotatable bonds is 11. The van der Waals surface area contributed by atoms with Crippen molar-refractivity contribution in [2.75, 3.05) is 18.1 Å². The number of esters is 1. The molecule has 3 N–H and O–H groups in total. The summed E-state index contributed by atoms with van der Waals surface area (Å²) in [5.41, 5.74) is 6.10. The first kappa shape index (κ1) is 21.2. The summed E-state index contributed by atoms with van der Waals surface area (Å²) in [6.45, 7) is 9.36. The monoisotopic (exact) mass is 334 g/mol. The van der Waals surface area contributed by atoms with Gasteiger partial charge in [0.15, 0.2) is 6.10 Å². The highest BCUT2D eigenvalue weighted by molar-refractivity contribution is 7.99. The average Bonchev–Trinajstić information content (AvgIpc) is 2.44. The largest absolute Gasteiger partial charge is 0.464 e. The summed E-state index contributed by atoms with van der Waals surface area (Å²) in [6, 6.07) is -1.13. The van der Waals surface area contributed by atoms with Crippen LogP contribution in [0.2, 0.25) is 0 Å². The third-order valence-corrected chi connectivity index (χ3v) is 3.80. The van der Waals surface area contributed by atoms with E-state index in [1.807, 2.05) is 13.8 Å². The van der Waals surface area contributed by atoms with Crippen LogP contribution in [0.25, 0.3) is 0 Å². The molecule has 0 aromatic heterocycles. The molecule has 0 saturated carbocycles. The molecule has 0 aromatic carbocycles. The van der Waals surface area contributed by atoms with Crippen molar-refractivity contribution >= 4 is 23.6 Å². The molecule has 0 radical (unpaired) electrons. The lowest BCUT2D eigenvalue weighted by Crippen LogP contribution is -2.52. The van der Waals surface area contributed by atoms with Crippen molar-refractivity contribution < 1.29 is 19.1 Å². The van der Waals surface area contributed by atoms with Gasteiger partial charge in [-0.25, -0.2) is 4.79 Å². The Kier molecular flexibility index (Phi) is 11.3. The lowest BCUT2D eigenvalue weighted by atomic mass is 10.1. The molecule has 0 fully saturated rings. The van der Waals surface area contributed by atoms with Crippen LogP contribution in [-0.4, -0.2) is 54.3 Å². The lowest BCUT2D eigenvalue weighted by molar-refractivity contribution is -0.149. The van der Waals surface area contributed by atoms with Gasteiger partial charge in [-0.15, -0.1) is 0 Å². The van der Waals surface area contributed by atoms with Crippen molar-refractivity contribution in [2.45, 2.75) is 65.3 Å². The molecule has 7 heteroatoms. The first-order valence-electron chi connectivity index (χ1n) is 7.79. The summed E-state index contributed by atoms with van der Waals surface area (Å²) in [7, 11) is 0. The first-order chi connectivity index (χ1) is 10.3. The molecule has 0 heterocycles. The number of amides is 1. The topological polar surface area (TPSA) is 90.6 Å². The van der Waals surface area contributed by atoms with E-state index in [2.05, 4.69) is 12.2 Å². The highest BCUT2D eigenvalue weighted by atomic mass is 32.2. The summed E-state index contributed by atoms with van der Waals surface area (Å²) in [6.07, 6.45) is -0.218. The van der Waals surface area contributed by atoms with Gasteiger partial charge < -0.3 is 20.5 Å². The maximum atomic E-state index is 12.3. The van der Waals surface area contributed by atoms with Gasteiger partial charge >= 0.3 is 5.97 Å². The molecule has 22 heavy (non-hydrogen) atoms. The van der Waals surface area contributed by atoms with Crippen LogP contribution >= 0.6 is 11.8 Å². The second kappa shape index (κ2) is 11.7. The molecule has 1 unspecified atom stereocenters. The number of hydrogen-bond donors (Lipinski definition) is 2. The van der Waals surface area contributed by atoms with E-state index >= 15 is 0 Å². The van der Waals surface area contributed by atoms with Crippen LogP contribution in [0.4, 0.5) is 0 Å². The fourth-order valence-corrected chi connectivity index (χ4v) is 2.51. The Labute approximate surface area is 137 Å². The minimum Gasteiger partial charge on any atom is -0.464 e. The van der Waals surface area contributed by atoms with Crippen LogP contribution in [0.3, 0.4) is 0 Å². The van der Waals surface area contributed by atoms with E-state index in [1.165, 1.54) is 0 Å². The molecular formula is C15H30N2O4S. The maximum absolute atomic E-state index is 12.3. The zero-order valence-electron chi connectivity index (χ0n) is 14.3. The van der Waals surface area contributed by atoms with Gasteiger partial charge in [0.1, 0.15) is 6.04 Å². The third kappa shape index (κ3) is 8.60. The third-order valence-electron chi connectivity index (χ3n) is 2.86. The van der Waals surface area contributed by atoms with Crippen LogP contribution in [0, 0.1) is 0 Å². The Morgan fingerprint density at radius 2 is 1.86 bits per heavy atom. The lowest BCUT2D eigenvalue weighted by Gasteiger charge is -2.26. The number of carbonyl (C=O) groups excluding carboxylic acids is 2. The number of thioether (sulfide) groups is 1. The van der Waals surface area contributed by atoms with Gasteiger partial charge in [0, 0.05) is 6.04 Å². The maximum Gasteiger partial charge on any atom is 0.328 e. The highest BCUT2D eigenvalue weighted by Gasteiger charge is 2.29. The Bertz CT molecular complexity index is 340. The van der Waals surface area contributed by atoms with Gasteiger partial charge in [-0.1, -0.05) is 6.92 Å². The molecule has 0 spiro atoms. The van der Waals surface area contributed by atoms with Crippen molar-refractivity contribution in [3.8, 4) is 0 Å². The van der Waals surface area contributed by atoms with Gasteiger partial charge in [0.25, 0.3) is 5.91 Å². The van der Waals surface area contributed by atoms with E-state index in [9.17, 15) is 9.59 Å². The molecule has 130 valence electrons. The quantitative estimate of drug-likeness (QED) is 0.437. The molecular weight excluding hydrogens is 304 g/mol. The van der Waals surface area contributed by atoms with Gasteiger partial charge in [-0.05, 0) is 45.6 Å². The van der Waals surface area contributed by atoms with Crippen LogP contribution in [0.5, 0.6) is 0 Å². The number of nitrogens with two attached hydrogens (primary N) is 1. The van der Waals surface area contributed by atoms with Crippen molar-refractivity contribution in [2.24, 2.45) is 5.73 Å². The fourth-order valence-electron chi connectivity index (χ4n) is 1.79. The Morgan fingerprint density at radius 1 is 1.23 bits per heavy atom. The summed E-state index contributed by atoms with van der Waals surface area (Å²) in [5, 5.41) is 2.62. The number of carbonyl (C=O) groups is 2. The molecule has 1 amide bonds. The summed E-state index contributed by atoms with van der Waals surface area (Å²) >= 11 is 1.77. The molecule has 0 bridgehead atoms. The van der Waals surface area contributed by atoms with Crippen molar-refractivity contribution in [3.63, 3.8) is 0 Å². The van der Waals surface area contributed by atoms with Gasteiger partial charge in [-0.3, -0.25) is 4.79 Å². The Hall–Kier alpha value is -0.790. The molecule has 0 aliphatic rings. The summed E-state index contributed by atoms with van der Waals surface area (Å²) in [4.78, 5) is 23.9. The smallest absolute Gasteiger partial charge is 0.328 e. The van der Waals surface area contributed by atoms with E-state index in [4.69, 9.17) is 15.2 Å². The number of hydrogen-bond acceptors (Lipinski definition) is 6. The molecule has 0 rings (SSSR count). The number of ether oxygens (including phenoxy) is 2. The average molecular weight is 334 g/mol. The van der Waals surface area contributed by atoms with Gasteiger partial charge in [-0.2, -0.15) is 11.8 Å². The predicted molar refractivity (Wildman–Crippen MR) is 89.8 cm³/mol. The Balaban J connectivity index is 4.65. The zero-order chi connectivity index (χ0) is 17.1. The standard InChI is InChI=1S/C15H30N2O4S/c1-6-20-15(19)11(5)17-14(18)13(21-10(3)4)12(16)8-9-22-7-2/h10-13H,6-9,16H2,1-5H3,(H,17,18)/t11-,12+,13?/m0/s1. The zero-order valence-corrected chi connectivity index (χ0v) is 15.1. The molecule has 0 aromatic rings. The molecule has 0 aliphatic heterocycles. The van der Waals surface area contributed by atoms with E-state index in [0.717, 1.165) is 11.5 Å². The first-order valence-corrected chi connectivity index (χ1v) is 8.94. The minimum atomic E-state index is -0.769. The van der Waals surface area contributed by atoms with Crippen molar-refractivity contribution in [1.29, 1.82) is 0 Å². The van der Waals surface area contributed by atoms with E-state index < -0.39 is 24.2 Å². The van der Waals surface area contributed by atoms with Crippen molar-refractivity contribution in [3.05, 3.63) is 0 Å². The molecule has 0 saturated heterocycles. The van der Waals surface area contributed by atoms with Crippen LogP contribution in [-0.2, 0) is 19.1 Å². The van der Waals surface area contributed by atoms with Crippen LogP contribution in [0.15, 0.2) is 0 Å². The summed E-state index contributed by atoms with van der Waals surface area (Å²) < 4.78 is 10.5. The normalized spacial score (nSPS) is 15.2. The minimum absolute atomic E-state index is 0.126. The Morgan fingerprint density at radius 3 is 2.36 bits per heavy atom. The van der Waals surface area contributed by atoms with Gasteiger partial charge in [0.05, 0.1) is 12.7 Å². The molecule has 6 nitrogen and oxygen atoms in total. The van der Waals surface area contributed by atoms with Crippen molar-refractivity contribution in [1.82, 2.24) is 5.32 Å². The van der Waals surface area contributed by atoms with E-state index in [-0.39, 0.29) is 18.6 Å². The highest BCUT2D eigenvalue weighted by Crippen LogP contribution is 2.10. The predicted octanol–water partition coefficient (Wildman–Crippen LogP) is 1.32. The molecule has 3 atom stereocenters. The second-order valence-electron chi connectivity index (χ2n) is 5.24. The number of nitrogens with one attached hydrogen (secondary N) is 1. The SMILES string of the molecule is CCOC(=O)[C@H](C)NC(=O)C(OC(C)C)[C@H](N)CCSCC. The van der Waals surface area contributed by atoms with Gasteiger partial charge in [0.2, 0.25) is 0 Å². The van der Waals surface area contributed by atoms with E-state index in [0.29, 0.717) is 6.42 Å². The summed E-state index contributed by atoms with van der Waals surface area (Å²) in [5.74, 6) is 1.04. The molecule has 0 aliphatic carbocycles. The van der Waals surface area contributed by atoms with E-state index in [1.54, 1.807) is 25.6 Å². The second-order valence-corrected chi connectivity index (χ2v) is 6.63. The van der Waals surface area contributed by atoms with Crippen LogP contribution in [0.1, 0.15) is 41.0 Å². The van der Waals surface area contributed by atoms with Crippen LogP contribution < -0.4 is 11.1 Å².